The predicted octanol–water partition coefficient (Wildman–Crippen LogP) is 2.76. The second-order valence-corrected chi connectivity index (χ2v) is 8.94. The van der Waals surface area contributed by atoms with Gasteiger partial charge in [-0.15, -0.1) is 0 Å². The minimum absolute atomic E-state index is 0.131. The van der Waals surface area contributed by atoms with Gasteiger partial charge in [0.15, 0.2) is 6.10 Å². The smallest absolute Gasteiger partial charge is 0.274 e. The zero-order valence-corrected chi connectivity index (χ0v) is 21.4. The number of aromatic nitrogens is 1. The van der Waals surface area contributed by atoms with Crippen LogP contribution >= 0.6 is 0 Å². The fraction of sp³-hybridized carbons (Fsp3) is 0.133. The van der Waals surface area contributed by atoms with Gasteiger partial charge in [0.1, 0.15) is 17.9 Å². The van der Waals surface area contributed by atoms with Crippen molar-refractivity contribution in [3.63, 3.8) is 0 Å². The number of amides is 3. The molecule has 40 heavy (non-hydrogen) atoms. The summed E-state index contributed by atoms with van der Waals surface area (Å²) in [5, 5.41) is 27.9. The van der Waals surface area contributed by atoms with Gasteiger partial charge in [-0.05, 0) is 41.0 Å². The standard InChI is InChI=1S/C30H29N5O5/c36-27(30(39)35-40)26(32-23-16-14-22(15-17-23)21-11-5-2-6-12-21)29(38)33-24(19-20-9-3-1-4-10-20)28(37)34-25-13-7-8-18-31-25/h1-18,24,26-27,32,36,40H,19H2,(H,33,38)(H,35,39)(H,31,34,37). The number of aliphatic hydroxyl groups excluding tert-OH is 1. The normalized spacial score (nSPS) is 12.8. The topological polar surface area (TPSA) is 153 Å². The van der Waals surface area contributed by atoms with Gasteiger partial charge in [-0.2, -0.15) is 0 Å². The molecule has 6 N–H and O–H groups in total. The highest BCUT2D eigenvalue weighted by molar-refractivity contribution is 5.99. The first-order valence-electron chi connectivity index (χ1n) is 12.5. The Labute approximate surface area is 231 Å². The van der Waals surface area contributed by atoms with Gasteiger partial charge in [0.2, 0.25) is 11.8 Å². The Bertz CT molecular complexity index is 1400. The van der Waals surface area contributed by atoms with Crippen LogP contribution in [-0.2, 0) is 20.8 Å². The van der Waals surface area contributed by atoms with Crippen LogP contribution in [0.25, 0.3) is 11.1 Å². The highest BCUT2D eigenvalue weighted by Gasteiger charge is 2.34. The van der Waals surface area contributed by atoms with Crippen LogP contribution in [0.5, 0.6) is 0 Å². The van der Waals surface area contributed by atoms with E-state index in [0.717, 1.165) is 16.7 Å². The van der Waals surface area contributed by atoms with Crippen LogP contribution < -0.4 is 21.4 Å². The largest absolute Gasteiger partial charge is 0.380 e. The van der Waals surface area contributed by atoms with E-state index in [2.05, 4.69) is 20.9 Å². The minimum atomic E-state index is -1.98. The minimum Gasteiger partial charge on any atom is -0.380 e. The highest BCUT2D eigenvalue weighted by atomic mass is 16.5. The van der Waals surface area contributed by atoms with E-state index in [0.29, 0.717) is 11.5 Å². The van der Waals surface area contributed by atoms with Crippen LogP contribution in [0.2, 0.25) is 0 Å². The number of nitrogens with one attached hydrogen (secondary N) is 4. The molecule has 0 fully saturated rings. The van der Waals surface area contributed by atoms with Crippen LogP contribution in [-0.4, -0.2) is 51.2 Å². The van der Waals surface area contributed by atoms with Gasteiger partial charge in [0.05, 0.1) is 0 Å². The Hall–Kier alpha value is -5.06. The highest BCUT2D eigenvalue weighted by Crippen LogP contribution is 2.22. The van der Waals surface area contributed by atoms with Crippen molar-refractivity contribution in [1.82, 2.24) is 15.8 Å². The van der Waals surface area contributed by atoms with Gasteiger partial charge in [-0.3, -0.25) is 19.6 Å². The van der Waals surface area contributed by atoms with Crippen molar-refractivity contribution in [2.45, 2.75) is 24.6 Å². The molecule has 0 aliphatic heterocycles. The number of carbonyl (C=O) groups excluding carboxylic acids is 3. The summed E-state index contributed by atoms with van der Waals surface area (Å²) in [4.78, 5) is 42.9. The first kappa shape index (κ1) is 28.0. The summed E-state index contributed by atoms with van der Waals surface area (Å²) in [5.74, 6) is -2.26. The molecular weight excluding hydrogens is 510 g/mol. The summed E-state index contributed by atoms with van der Waals surface area (Å²) < 4.78 is 0. The third-order valence-electron chi connectivity index (χ3n) is 6.12. The van der Waals surface area contributed by atoms with E-state index in [9.17, 15) is 19.5 Å². The quantitative estimate of drug-likeness (QED) is 0.127. The Balaban J connectivity index is 1.56. The van der Waals surface area contributed by atoms with E-state index in [1.807, 2.05) is 72.8 Å². The van der Waals surface area contributed by atoms with Gasteiger partial charge in [0.25, 0.3) is 5.91 Å². The number of anilines is 2. The molecule has 10 heteroatoms. The second-order valence-electron chi connectivity index (χ2n) is 8.94. The van der Waals surface area contributed by atoms with Crippen LogP contribution in [0.3, 0.4) is 0 Å². The number of aliphatic hydroxyl groups is 1. The monoisotopic (exact) mass is 539 g/mol. The van der Waals surface area contributed by atoms with E-state index < -0.39 is 35.9 Å². The molecule has 4 rings (SSSR count). The zero-order valence-electron chi connectivity index (χ0n) is 21.4. The lowest BCUT2D eigenvalue weighted by Crippen LogP contribution is -2.56. The average molecular weight is 540 g/mol. The zero-order chi connectivity index (χ0) is 28.3. The lowest BCUT2D eigenvalue weighted by atomic mass is 10.0. The average Bonchev–Trinajstić information content (AvgIpc) is 3.00. The van der Waals surface area contributed by atoms with E-state index in [1.54, 1.807) is 30.3 Å². The van der Waals surface area contributed by atoms with Gasteiger partial charge in [-0.1, -0.05) is 78.9 Å². The number of hydrogen-bond acceptors (Lipinski definition) is 7. The molecule has 3 amide bonds. The fourth-order valence-electron chi connectivity index (χ4n) is 4.05. The van der Waals surface area contributed by atoms with Crippen LogP contribution in [0.1, 0.15) is 5.56 Å². The molecule has 204 valence electrons. The number of nitrogens with zero attached hydrogens (tertiary/aromatic N) is 1. The van der Waals surface area contributed by atoms with Crippen molar-refractivity contribution in [1.29, 1.82) is 0 Å². The third-order valence-corrected chi connectivity index (χ3v) is 6.12. The van der Waals surface area contributed by atoms with Crippen molar-refractivity contribution in [3.05, 3.63) is 115 Å². The van der Waals surface area contributed by atoms with Gasteiger partial charge in [0, 0.05) is 18.3 Å². The maximum absolute atomic E-state index is 13.5. The third kappa shape index (κ3) is 7.50. The van der Waals surface area contributed by atoms with Crippen molar-refractivity contribution in [3.8, 4) is 11.1 Å². The fourth-order valence-corrected chi connectivity index (χ4v) is 4.05. The van der Waals surface area contributed by atoms with E-state index in [4.69, 9.17) is 5.21 Å². The molecule has 3 aromatic carbocycles. The summed E-state index contributed by atoms with van der Waals surface area (Å²) in [6.07, 6.45) is -0.325. The second kappa shape index (κ2) is 13.7. The van der Waals surface area contributed by atoms with Crippen molar-refractivity contribution < 1.29 is 24.7 Å². The number of hydrogen-bond donors (Lipinski definition) is 6. The molecule has 0 radical (unpaired) electrons. The molecule has 1 aromatic heterocycles. The van der Waals surface area contributed by atoms with Gasteiger partial charge in [-0.25, -0.2) is 10.5 Å². The van der Waals surface area contributed by atoms with Crippen LogP contribution in [0.15, 0.2) is 109 Å². The Kier molecular flexibility index (Phi) is 9.54. The van der Waals surface area contributed by atoms with Gasteiger partial charge < -0.3 is 21.1 Å². The Morgan fingerprint density at radius 1 is 0.725 bits per heavy atom. The number of benzene rings is 3. The molecule has 4 aromatic rings. The molecule has 0 saturated heterocycles. The van der Waals surface area contributed by atoms with Crippen molar-refractivity contribution >= 4 is 29.2 Å². The molecular formula is C30H29N5O5. The Morgan fingerprint density at radius 3 is 1.98 bits per heavy atom. The van der Waals surface area contributed by atoms with Gasteiger partial charge >= 0.3 is 0 Å². The molecule has 3 atom stereocenters. The molecule has 3 unspecified atom stereocenters. The van der Waals surface area contributed by atoms with Crippen LogP contribution in [0, 0.1) is 0 Å². The summed E-state index contributed by atoms with van der Waals surface area (Å²) >= 11 is 0. The first-order chi connectivity index (χ1) is 19.4. The summed E-state index contributed by atoms with van der Waals surface area (Å²) in [6, 6.07) is 28.2. The molecule has 1 heterocycles. The molecule has 0 aliphatic carbocycles. The number of pyridine rings is 1. The number of carbonyl (C=O) groups is 3. The van der Waals surface area contributed by atoms with Crippen molar-refractivity contribution in [2.75, 3.05) is 10.6 Å². The Morgan fingerprint density at radius 2 is 1.35 bits per heavy atom. The van der Waals surface area contributed by atoms with E-state index in [1.165, 1.54) is 11.7 Å². The molecule has 0 aliphatic rings. The first-order valence-corrected chi connectivity index (χ1v) is 12.5. The summed E-state index contributed by atoms with van der Waals surface area (Å²) in [5.41, 5.74) is 4.49. The number of rotatable bonds is 11. The molecule has 0 saturated carbocycles. The van der Waals surface area contributed by atoms with E-state index >= 15 is 0 Å². The summed E-state index contributed by atoms with van der Waals surface area (Å²) in [6.45, 7) is 0. The maximum atomic E-state index is 13.5. The number of hydroxylamine groups is 1. The lowest BCUT2D eigenvalue weighted by molar-refractivity contribution is -0.142. The maximum Gasteiger partial charge on any atom is 0.274 e. The lowest BCUT2D eigenvalue weighted by Gasteiger charge is -2.26. The molecule has 10 nitrogen and oxygen atoms in total. The van der Waals surface area contributed by atoms with E-state index in [-0.39, 0.29) is 6.42 Å². The predicted molar refractivity (Wildman–Crippen MR) is 150 cm³/mol. The summed E-state index contributed by atoms with van der Waals surface area (Å²) in [7, 11) is 0. The molecule has 0 spiro atoms. The molecule has 0 bridgehead atoms. The van der Waals surface area contributed by atoms with Crippen molar-refractivity contribution in [2.24, 2.45) is 0 Å². The van der Waals surface area contributed by atoms with Crippen LogP contribution in [0.4, 0.5) is 11.5 Å². The SMILES string of the molecule is O=C(Nc1ccccn1)C(Cc1ccccc1)NC(=O)C(Nc1ccc(-c2ccccc2)cc1)C(O)C(=O)NO.